The van der Waals surface area contributed by atoms with Gasteiger partial charge in [0.2, 0.25) is 0 Å². The minimum Gasteiger partial charge on any atom is -0.387 e. The Morgan fingerprint density at radius 1 is 1.33 bits per heavy atom. The van der Waals surface area contributed by atoms with Crippen molar-refractivity contribution in [2.45, 2.75) is 30.8 Å². The second-order valence-corrected chi connectivity index (χ2v) is 5.02. The molecule has 1 saturated heterocycles. The summed E-state index contributed by atoms with van der Waals surface area (Å²) in [6.07, 6.45) is 3.48. The molecule has 3 rings (SSSR count). The fraction of sp³-hybridized carbons (Fsp3) is 0.538. The van der Waals surface area contributed by atoms with E-state index in [1.807, 2.05) is 0 Å². The Hall–Kier alpha value is -0.860. The smallest absolute Gasteiger partial charge is 0.0935 e. The van der Waals surface area contributed by atoms with E-state index >= 15 is 0 Å². The lowest BCUT2D eigenvalue weighted by Crippen LogP contribution is -2.60. The standard InChI is InChI=1S/C13H17NO/c15-13(8-14-9-13)7-10-2-1-3-12(6-10)11-4-5-11/h1-3,6,11,14-15H,4-5,7-9H2. The van der Waals surface area contributed by atoms with Gasteiger partial charge >= 0.3 is 0 Å². The van der Waals surface area contributed by atoms with E-state index in [2.05, 4.69) is 29.6 Å². The number of nitrogens with one attached hydrogen (secondary N) is 1. The molecule has 1 aliphatic heterocycles. The fourth-order valence-corrected chi connectivity index (χ4v) is 2.29. The minimum atomic E-state index is -0.484. The number of hydrogen-bond acceptors (Lipinski definition) is 2. The van der Waals surface area contributed by atoms with Gasteiger partial charge in [-0.25, -0.2) is 0 Å². The first kappa shape index (κ1) is 9.37. The van der Waals surface area contributed by atoms with Crippen LogP contribution in [0.25, 0.3) is 0 Å². The average molecular weight is 203 g/mol. The van der Waals surface area contributed by atoms with Crippen LogP contribution in [0, 0.1) is 0 Å². The van der Waals surface area contributed by atoms with E-state index in [9.17, 15) is 5.11 Å². The van der Waals surface area contributed by atoms with Crippen LogP contribution >= 0.6 is 0 Å². The summed E-state index contributed by atoms with van der Waals surface area (Å²) in [5, 5.41) is 13.2. The molecule has 0 amide bonds. The van der Waals surface area contributed by atoms with Crippen molar-refractivity contribution in [1.29, 1.82) is 0 Å². The molecule has 0 unspecified atom stereocenters. The molecule has 80 valence electrons. The molecule has 2 aliphatic rings. The van der Waals surface area contributed by atoms with Crippen molar-refractivity contribution in [2.24, 2.45) is 0 Å². The Morgan fingerprint density at radius 2 is 2.13 bits per heavy atom. The molecular formula is C13H17NO. The molecule has 1 aromatic rings. The molecule has 0 spiro atoms. The number of benzene rings is 1. The van der Waals surface area contributed by atoms with E-state index in [-0.39, 0.29) is 0 Å². The summed E-state index contributed by atoms with van der Waals surface area (Å²) in [6, 6.07) is 8.73. The molecule has 2 heteroatoms. The van der Waals surface area contributed by atoms with Gasteiger partial charge in [-0.3, -0.25) is 0 Å². The summed E-state index contributed by atoms with van der Waals surface area (Å²) in [6.45, 7) is 1.47. The first-order valence-electron chi connectivity index (χ1n) is 5.77. The maximum atomic E-state index is 10.0. The van der Waals surface area contributed by atoms with Crippen molar-refractivity contribution in [3.05, 3.63) is 35.4 Å². The quantitative estimate of drug-likeness (QED) is 0.779. The zero-order valence-corrected chi connectivity index (χ0v) is 8.87. The van der Waals surface area contributed by atoms with Gasteiger partial charge in [0.05, 0.1) is 5.60 Å². The third-order valence-corrected chi connectivity index (χ3v) is 3.44. The normalized spacial score (nSPS) is 23.5. The van der Waals surface area contributed by atoms with Gasteiger partial charge in [0.15, 0.2) is 0 Å². The highest BCUT2D eigenvalue weighted by molar-refractivity contribution is 5.30. The van der Waals surface area contributed by atoms with Crippen LogP contribution in [0.5, 0.6) is 0 Å². The summed E-state index contributed by atoms with van der Waals surface area (Å²) in [5.41, 5.74) is 2.26. The highest BCUT2D eigenvalue weighted by Crippen LogP contribution is 2.40. The lowest BCUT2D eigenvalue weighted by Gasteiger charge is -2.37. The van der Waals surface area contributed by atoms with Crippen LogP contribution in [0.15, 0.2) is 24.3 Å². The van der Waals surface area contributed by atoms with E-state index in [1.165, 1.54) is 24.0 Å². The van der Waals surface area contributed by atoms with Crippen LogP contribution in [0.4, 0.5) is 0 Å². The highest BCUT2D eigenvalue weighted by atomic mass is 16.3. The Labute approximate surface area is 90.3 Å². The van der Waals surface area contributed by atoms with Gasteiger partial charge in [0, 0.05) is 19.5 Å². The van der Waals surface area contributed by atoms with Crippen molar-refractivity contribution in [3.63, 3.8) is 0 Å². The lowest BCUT2D eigenvalue weighted by atomic mass is 9.88. The van der Waals surface area contributed by atoms with Gasteiger partial charge in [-0.05, 0) is 29.9 Å². The third-order valence-electron chi connectivity index (χ3n) is 3.44. The largest absolute Gasteiger partial charge is 0.387 e. The number of rotatable bonds is 3. The molecule has 2 nitrogen and oxygen atoms in total. The first-order valence-corrected chi connectivity index (χ1v) is 5.77. The summed E-state index contributed by atoms with van der Waals surface area (Å²) in [4.78, 5) is 0. The molecule has 2 fully saturated rings. The Morgan fingerprint density at radius 3 is 2.73 bits per heavy atom. The molecule has 1 aliphatic carbocycles. The minimum absolute atomic E-state index is 0.484. The van der Waals surface area contributed by atoms with E-state index in [0.29, 0.717) is 0 Å². The average Bonchev–Trinajstić information content (AvgIpc) is 2.99. The zero-order chi connectivity index (χ0) is 10.3. The maximum absolute atomic E-state index is 10.0. The van der Waals surface area contributed by atoms with Crippen LogP contribution < -0.4 is 5.32 Å². The predicted octanol–water partition coefficient (Wildman–Crippen LogP) is 1.44. The molecule has 0 bridgehead atoms. The Kier molecular flexibility index (Phi) is 2.08. The monoisotopic (exact) mass is 203 g/mol. The summed E-state index contributed by atoms with van der Waals surface area (Å²) in [7, 11) is 0. The molecule has 1 heterocycles. The van der Waals surface area contributed by atoms with Gasteiger partial charge in [0.25, 0.3) is 0 Å². The maximum Gasteiger partial charge on any atom is 0.0935 e. The topological polar surface area (TPSA) is 32.3 Å². The summed E-state index contributed by atoms with van der Waals surface area (Å²) in [5.74, 6) is 0.805. The molecule has 0 atom stereocenters. The van der Waals surface area contributed by atoms with Gasteiger partial charge < -0.3 is 10.4 Å². The first-order chi connectivity index (χ1) is 7.25. The van der Waals surface area contributed by atoms with E-state index in [1.54, 1.807) is 0 Å². The van der Waals surface area contributed by atoms with Gasteiger partial charge in [-0.15, -0.1) is 0 Å². The van der Waals surface area contributed by atoms with Crippen LogP contribution in [0.3, 0.4) is 0 Å². The second kappa shape index (κ2) is 3.32. The molecule has 0 aromatic heterocycles. The number of aliphatic hydroxyl groups is 1. The second-order valence-electron chi connectivity index (χ2n) is 5.02. The number of β-amino-alcohol motifs (C(OH)–C–C–N with tert-alkyl or cyclic N) is 1. The van der Waals surface area contributed by atoms with Crippen LogP contribution in [0.2, 0.25) is 0 Å². The van der Waals surface area contributed by atoms with Crippen molar-refractivity contribution >= 4 is 0 Å². The van der Waals surface area contributed by atoms with Gasteiger partial charge in [0.1, 0.15) is 0 Å². The summed E-state index contributed by atoms with van der Waals surface area (Å²) < 4.78 is 0. The molecular weight excluding hydrogens is 186 g/mol. The zero-order valence-electron chi connectivity index (χ0n) is 8.87. The predicted molar refractivity (Wildman–Crippen MR) is 59.9 cm³/mol. The van der Waals surface area contributed by atoms with E-state index in [0.717, 1.165) is 25.4 Å². The Balaban J connectivity index is 1.76. The van der Waals surface area contributed by atoms with Crippen molar-refractivity contribution in [2.75, 3.05) is 13.1 Å². The molecule has 0 radical (unpaired) electrons. The SMILES string of the molecule is OC1(Cc2cccc(C3CC3)c2)CNC1. The van der Waals surface area contributed by atoms with E-state index in [4.69, 9.17) is 0 Å². The highest BCUT2D eigenvalue weighted by Gasteiger charge is 2.34. The van der Waals surface area contributed by atoms with Crippen molar-refractivity contribution in [1.82, 2.24) is 5.32 Å². The third kappa shape index (κ3) is 1.92. The van der Waals surface area contributed by atoms with Gasteiger partial charge in [-0.1, -0.05) is 24.3 Å². The Bertz CT molecular complexity index is 367. The lowest BCUT2D eigenvalue weighted by molar-refractivity contribution is -0.00902. The molecule has 15 heavy (non-hydrogen) atoms. The summed E-state index contributed by atoms with van der Waals surface area (Å²) >= 11 is 0. The molecule has 1 aromatic carbocycles. The van der Waals surface area contributed by atoms with Crippen LogP contribution in [0.1, 0.15) is 29.9 Å². The fourth-order valence-electron chi connectivity index (χ4n) is 2.29. The van der Waals surface area contributed by atoms with Gasteiger partial charge in [-0.2, -0.15) is 0 Å². The van der Waals surface area contributed by atoms with Crippen LogP contribution in [-0.2, 0) is 6.42 Å². The molecule has 1 saturated carbocycles. The van der Waals surface area contributed by atoms with Crippen molar-refractivity contribution in [3.8, 4) is 0 Å². The number of hydrogen-bond donors (Lipinski definition) is 2. The molecule has 2 N–H and O–H groups in total. The van der Waals surface area contributed by atoms with E-state index < -0.39 is 5.60 Å². The van der Waals surface area contributed by atoms with Crippen molar-refractivity contribution < 1.29 is 5.11 Å². The van der Waals surface area contributed by atoms with Crippen LogP contribution in [-0.4, -0.2) is 23.8 Å².